The highest BCUT2D eigenvalue weighted by molar-refractivity contribution is 14.0. The molecule has 0 spiro atoms. The number of hydrogen-bond acceptors (Lipinski definition) is 3. The monoisotopic (exact) mass is 511 g/mol. The van der Waals surface area contributed by atoms with E-state index < -0.39 is 0 Å². The molecule has 1 atom stereocenters. The van der Waals surface area contributed by atoms with Crippen molar-refractivity contribution >= 4 is 29.9 Å². The van der Waals surface area contributed by atoms with E-state index in [-0.39, 0.29) is 24.0 Å². The standard InChI is InChI=1S/C21H33N7.HI/c1-15(2)28-14-16-8-9-17(12-20(16)26-28)24-21(22-3)23-13-18-10-11-27(25-18)19-6-4-5-7-19;/h10-11,14-15,17,19H,4-9,12-13H2,1-3H3,(H2,22,23,24);1H. The molecule has 1 fully saturated rings. The van der Waals surface area contributed by atoms with Crippen LogP contribution in [0.3, 0.4) is 0 Å². The molecule has 7 nitrogen and oxygen atoms in total. The van der Waals surface area contributed by atoms with E-state index in [1.165, 1.54) is 36.9 Å². The van der Waals surface area contributed by atoms with Crippen molar-refractivity contribution in [2.45, 2.75) is 83.5 Å². The quantitative estimate of drug-likeness (QED) is 0.366. The summed E-state index contributed by atoms with van der Waals surface area (Å²) in [5.41, 5.74) is 3.69. The fraction of sp³-hybridized carbons (Fsp3) is 0.667. The number of aryl methyl sites for hydroxylation is 1. The first-order valence-corrected chi connectivity index (χ1v) is 10.7. The third-order valence-electron chi connectivity index (χ3n) is 5.99. The normalized spacial score (nSPS) is 19.9. The predicted octanol–water partition coefficient (Wildman–Crippen LogP) is 3.62. The van der Waals surface area contributed by atoms with Gasteiger partial charge >= 0.3 is 0 Å². The van der Waals surface area contributed by atoms with Crippen molar-refractivity contribution in [2.75, 3.05) is 7.05 Å². The fourth-order valence-electron chi connectivity index (χ4n) is 4.31. The lowest BCUT2D eigenvalue weighted by Gasteiger charge is -2.24. The first kappa shape index (κ1) is 22.1. The highest BCUT2D eigenvalue weighted by Gasteiger charge is 2.23. The minimum Gasteiger partial charge on any atom is -0.353 e. The van der Waals surface area contributed by atoms with E-state index in [1.807, 2.05) is 7.05 Å². The van der Waals surface area contributed by atoms with Gasteiger partial charge in [-0.25, -0.2) is 0 Å². The molecule has 1 saturated carbocycles. The Labute approximate surface area is 190 Å². The number of rotatable bonds is 5. The Kier molecular flexibility index (Phi) is 7.59. The highest BCUT2D eigenvalue weighted by Crippen LogP contribution is 2.28. The second kappa shape index (κ2) is 9.95. The zero-order chi connectivity index (χ0) is 19.5. The first-order chi connectivity index (χ1) is 13.6. The number of guanidine groups is 1. The Bertz CT molecular complexity index is 817. The Morgan fingerprint density at radius 1 is 1.24 bits per heavy atom. The molecule has 0 aromatic carbocycles. The summed E-state index contributed by atoms with van der Waals surface area (Å²) in [7, 11) is 1.83. The number of aliphatic imine (C=N–C) groups is 1. The first-order valence-electron chi connectivity index (χ1n) is 10.7. The molecule has 2 aliphatic carbocycles. The van der Waals surface area contributed by atoms with Gasteiger partial charge in [0.1, 0.15) is 0 Å². The van der Waals surface area contributed by atoms with Gasteiger partial charge in [0.15, 0.2) is 5.96 Å². The molecule has 2 aliphatic rings. The van der Waals surface area contributed by atoms with Gasteiger partial charge in [-0.2, -0.15) is 10.2 Å². The fourth-order valence-corrected chi connectivity index (χ4v) is 4.31. The summed E-state index contributed by atoms with van der Waals surface area (Å²) in [4.78, 5) is 4.41. The average Bonchev–Trinajstić information content (AvgIpc) is 3.44. The molecule has 2 aromatic rings. The number of nitrogens with zero attached hydrogens (tertiary/aromatic N) is 5. The van der Waals surface area contributed by atoms with Crippen LogP contribution in [0.15, 0.2) is 23.5 Å². The number of nitrogens with one attached hydrogen (secondary N) is 2. The largest absolute Gasteiger partial charge is 0.353 e. The maximum Gasteiger partial charge on any atom is 0.191 e. The zero-order valence-corrected chi connectivity index (χ0v) is 20.1. The molecular formula is C21H34IN7. The van der Waals surface area contributed by atoms with Gasteiger partial charge in [0, 0.05) is 37.9 Å². The van der Waals surface area contributed by atoms with Gasteiger partial charge in [0.25, 0.3) is 0 Å². The minimum atomic E-state index is 0. The predicted molar refractivity (Wildman–Crippen MR) is 127 cm³/mol. The molecule has 2 aromatic heterocycles. The van der Waals surface area contributed by atoms with Gasteiger partial charge in [-0.15, -0.1) is 24.0 Å². The van der Waals surface area contributed by atoms with E-state index in [4.69, 9.17) is 10.2 Å². The second-order valence-corrected chi connectivity index (χ2v) is 8.41. The molecule has 0 saturated heterocycles. The maximum absolute atomic E-state index is 4.77. The van der Waals surface area contributed by atoms with Gasteiger partial charge in [-0.3, -0.25) is 14.4 Å². The van der Waals surface area contributed by atoms with Crippen molar-refractivity contribution in [3.05, 3.63) is 35.4 Å². The lowest BCUT2D eigenvalue weighted by molar-refractivity contribution is 0.462. The van der Waals surface area contributed by atoms with Crippen LogP contribution < -0.4 is 10.6 Å². The maximum atomic E-state index is 4.77. The van der Waals surface area contributed by atoms with E-state index in [0.717, 1.165) is 30.9 Å². The topological polar surface area (TPSA) is 72.1 Å². The van der Waals surface area contributed by atoms with E-state index >= 15 is 0 Å². The average molecular weight is 511 g/mol. The van der Waals surface area contributed by atoms with Crippen molar-refractivity contribution in [1.82, 2.24) is 30.2 Å². The van der Waals surface area contributed by atoms with Crippen LogP contribution in [-0.4, -0.2) is 38.6 Å². The van der Waals surface area contributed by atoms with Crippen LogP contribution in [0.1, 0.15) is 75.0 Å². The van der Waals surface area contributed by atoms with Crippen molar-refractivity contribution in [2.24, 2.45) is 4.99 Å². The van der Waals surface area contributed by atoms with Crippen molar-refractivity contribution in [3.8, 4) is 0 Å². The van der Waals surface area contributed by atoms with Crippen LogP contribution in [-0.2, 0) is 19.4 Å². The van der Waals surface area contributed by atoms with Crippen molar-refractivity contribution in [1.29, 1.82) is 0 Å². The Morgan fingerprint density at radius 2 is 2.03 bits per heavy atom. The third kappa shape index (κ3) is 5.32. The Hall–Kier alpha value is -1.58. The van der Waals surface area contributed by atoms with Gasteiger partial charge < -0.3 is 10.6 Å². The van der Waals surface area contributed by atoms with E-state index in [0.29, 0.717) is 24.7 Å². The molecule has 160 valence electrons. The van der Waals surface area contributed by atoms with Gasteiger partial charge in [-0.05, 0) is 51.2 Å². The summed E-state index contributed by atoms with van der Waals surface area (Å²) < 4.78 is 4.23. The number of fused-ring (bicyclic) bond motifs is 1. The Morgan fingerprint density at radius 3 is 2.76 bits per heavy atom. The molecule has 0 radical (unpaired) electrons. The number of hydrogen-bond donors (Lipinski definition) is 2. The molecule has 0 bridgehead atoms. The number of halogens is 1. The lowest BCUT2D eigenvalue weighted by atomic mass is 9.94. The molecule has 1 unspecified atom stereocenters. The molecule has 2 heterocycles. The lowest BCUT2D eigenvalue weighted by Crippen LogP contribution is -2.45. The van der Waals surface area contributed by atoms with Crippen LogP contribution in [0, 0.1) is 0 Å². The van der Waals surface area contributed by atoms with Crippen LogP contribution >= 0.6 is 24.0 Å². The van der Waals surface area contributed by atoms with E-state index in [2.05, 4.69) is 57.3 Å². The van der Waals surface area contributed by atoms with Crippen LogP contribution in [0.4, 0.5) is 0 Å². The second-order valence-electron chi connectivity index (χ2n) is 8.41. The number of aromatic nitrogens is 4. The third-order valence-corrected chi connectivity index (χ3v) is 5.99. The molecular weight excluding hydrogens is 477 g/mol. The summed E-state index contributed by atoms with van der Waals surface area (Å²) in [5.74, 6) is 0.840. The summed E-state index contributed by atoms with van der Waals surface area (Å²) >= 11 is 0. The van der Waals surface area contributed by atoms with Crippen LogP contribution in [0.2, 0.25) is 0 Å². The SMILES string of the molecule is CN=C(NCc1ccn(C2CCCC2)n1)NC1CCc2cn(C(C)C)nc2C1.I. The van der Waals surface area contributed by atoms with E-state index in [1.54, 1.807) is 0 Å². The molecule has 2 N–H and O–H groups in total. The summed E-state index contributed by atoms with van der Waals surface area (Å²) in [6.45, 7) is 5.04. The zero-order valence-electron chi connectivity index (χ0n) is 17.8. The van der Waals surface area contributed by atoms with Crippen molar-refractivity contribution < 1.29 is 0 Å². The van der Waals surface area contributed by atoms with Gasteiger partial charge in [0.05, 0.1) is 24.0 Å². The van der Waals surface area contributed by atoms with Crippen molar-refractivity contribution in [3.63, 3.8) is 0 Å². The van der Waals surface area contributed by atoms with Crippen LogP contribution in [0.5, 0.6) is 0 Å². The summed E-state index contributed by atoms with van der Waals surface area (Å²) in [6.07, 6.45) is 12.6. The molecule has 0 aliphatic heterocycles. The Balaban J connectivity index is 0.00000240. The van der Waals surface area contributed by atoms with Gasteiger partial charge in [-0.1, -0.05) is 12.8 Å². The molecule has 4 rings (SSSR count). The molecule has 8 heteroatoms. The summed E-state index contributed by atoms with van der Waals surface area (Å²) in [6, 6.07) is 3.48. The molecule has 0 amide bonds. The summed E-state index contributed by atoms with van der Waals surface area (Å²) in [5, 5.41) is 16.5. The molecule has 29 heavy (non-hydrogen) atoms. The van der Waals surface area contributed by atoms with E-state index in [9.17, 15) is 0 Å². The van der Waals surface area contributed by atoms with Crippen LogP contribution in [0.25, 0.3) is 0 Å². The minimum absolute atomic E-state index is 0. The van der Waals surface area contributed by atoms with Gasteiger partial charge in [0.2, 0.25) is 0 Å². The smallest absolute Gasteiger partial charge is 0.191 e. The highest BCUT2D eigenvalue weighted by atomic mass is 127.